The topological polar surface area (TPSA) is 38.8 Å². The minimum atomic E-state index is 0.0582. The van der Waals surface area contributed by atoms with E-state index >= 15 is 0 Å². The maximum atomic E-state index is 12.4. The minimum Gasteiger partial charge on any atom is -0.494 e. The van der Waals surface area contributed by atoms with Crippen LogP contribution in [0.4, 0.5) is 0 Å². The van der Waals surface area contributed by atoms with E-state index in [2.05, 4.69) is 6.92 Å². The van der Waals surface area contributed by atoms with Gasteiger partial charge in [-0.3, -0.25) is 4.79 Å². The predicted molar refractivity (Wildman–Crippen MR) is 89.4 cm³/mol. The molecule has 0 heterocycles. The van der Waals surface area contributed by atoms with Crippen LogP contribution in [0.5, 0.6) is 5.75 Å². The largest absolute Gasteiger partial charge is 0.494 e. The smallest absolute Gasteiger partial charge is 0.253 e. The summed E-state index contributed by atoms with van der Waals surface area (Å²) in [7, 11) is 0. The molecular formula is C18H29NO3. The lowest BCUT2D eigenvalue weighted by molar-refractivity contribution is 0.0772. The standard InChI is InChI=1S/C18H29NO3/c1-5-9-12-21-14-16-13-15(10-11-17(16)22-8-4)18(20)19(6-2)7-3/h10-11,13H,5-9,12,14H2,1-4H3. The van der Waals surface area contributed by atoms with Gasteiger partial charge < -0.3 is 14.4 Å². The van der Waals surface area contributed by atoms with Crippen molar-refractivity contribution < 1.29 is 14.3 Å². The average molecular weight is 307 g/mol. The molecule has 22 heavy (non-hydrogen) atoms. The van der Waals surface area contributed by atoms with Crippen LogP contribution in [0.2, 0.25) is 0 Å². The van der Waals surface area contributed by atoms with E-state index in [1.807, 2.05) is 43.9 Å². The van der Waals surface area contributed by atoms with Crippen molar-refractivity contribution >= 4 is 5.91 Å². The van der Waals surface area contributed by atoms with E-state index in [-0.39, 0.29) is 5.91 Å². The zero-order valence-corrected chi connectivity index (χ0v) is 14.4. The Morgan fingerprint density at radius 1 is 1.14 bits per heavy atom. The Balaban J connectivity index is 2.90. The Bertz CT molecular complexity index is 456. The van der Waals surface area contributed by atoms with Gasteiger partial charge in [-0.1, -0.05) is 13.3 Å². The Morgan fingerprint density at radius 3 is 2.45 bits per heavy atom. The number of nitrogens with zero attached hydrogens (tertiary/aromatic N) is 1. The van der Waals surface area contributed by atoms with Crippen LogP contribution in [0, 0.1) is 0 Å². The second kappa shape index (κ2) is 10.2. The third kappa shape index (κ3) is 5.34. The van der Waals surface area contributed by atoms with Gasteiger partial charge in [-0.25, -0.2) is 0 Å². The predicted octanol–water partition coefficient (Wildman–Crippen LogP) is 3.88. The molecule has 0 atom stereocenters. The van der Waals surface area contributed by atoms with E-state index in [0.29, 0.717) is 31.9 Å². The van der Waals surface area contributed by atoms with E-state index in [1.165, 1.54) is 0 Å². The van der Waals surface area contributed by atoms with Gasteiger partial charge in [0.25, 0.3) is 5.91 Å². The molecule has 1 amide bonds. The summed E-state index contributed by atoms with van der Waals surface area (Å²) in [6, 6.07) is 5.61. The Labute approximate surface area is 134 Å². The second-order valence-corrected chi connectivity index (χ2v) is 5.14. The highest BCUT2D eigenvalue weighted by atomic mass is 16.5. The molecule has 0 saturated carbocycles. The lowest BCUT2D eigenvalue weighted by Gasteiger charge is -2.19. The first-order valence-corrected chi connectivity index (χ1v) is 8.30. The van der Waals surface area contributed by atoms with Crippen LogP contribution in [-0.2, 0) is 11.3 Å². The molecule has 0 unspecified atom stereocenters. The maximum absolute atomic E-state index is 12.4. The van der Waals surface area contributed by atoms with Gasteiger partial charge in [0.15, 0.2) is 0 Å². The minimum absolute atomic E-state index is 0.0582. The summed E-state index contributed by atoms with van der Waals surface area (Å²) in [4.78, 5) is 14.3. The van der Waals surface area contributed by atoms with Crippen molar-refractivity contribution in [2.24, 2.45) is 0 Å². The van der Waals surface area contributed by atoms with Crippen molar-refractivity contribution in [1.29, 1.82) is 0 Å². The molecule has 0 fully saturated rings. The van der Waals surface area contributed by atoms with Crippen molar-refractivity contribution in [2.45, 2.75) is 47.1 Å². The molecule has 124 valence electrons. The van der Waals surface area contributed by atoms with Crippen LogP contribution >= 0.6 is 0 Å². The molecule has 1 aromatic carbocycles. The molecule has 1 aromatic rings. The fourth-order valence-corrected chi connectivity index (χ4v) is 2.24. The first-order chi connectivity index (χ1) is 10.7. The van der Waals surface area contributed by atoms with Gasteiger partial charge in [-0.2, -0.15) is 0 Å². The molecule has 0 radical (unpaired) electrons. The third-order valence-electron chi connectivity index (χ3n) is 3.56. The van der Waals surface area contributed by atoms with Gasteiger partial charge in [0.2, 0.25) is 0 Å². The number of carbonyl (C=O) groups is 1. The van der Waals surface area contributed by atoms with Crippen LogP contribution in [0.15, 0.2) is 18.2 Å². The number of ether oxygens (including phenoxy) is 2. The Morgan fingerprint density at radius 2 is 1.86 bits per heavy atom. The molecule has 0 aliphatic heterocycles. The van der Waals surface area contributed by atoms with E-state index in [0.717, 1.165) is 30.8 Å². The van der Waals surface area contributed by atoms with Gasteiger partial charge in [-0.15, -0.1) is 0 Å². The van der Waals surface area contributed by atoms with E-state index in [1.54, 1.807) is 0 Å². The van der Waals surface area contributed by atoms with Crippen LogP contribution in [0.25, 0.3) is 0 Å². The Kier molecular flexibility index (Phi) is 8.60. The van der Waals surface area contributed by atoms with Crippen molar-refractivity contribution in [3.8, 4) is 5.75 Å². The van der Waals surface area contributed by atoms with Gasteiger partial charge in [0, 0.05) is 30.8 Å². The van der Waals surface area contributed by atoms with Crippen molar-refractivity contribution in [3.05, 3.63) is 29.3 Å². The summed E-state index contributed by atoms with van der Waals surface area (Å²) in [6.07, 6.45) is 2.15. The summed E-state index contributed by atoms with van der Waals surface area (Å²) >= 11 is 0. The average Bonchev–Trinajstić information content (AvgIpc) is 2.54. The Hall–Kier alpha value is -1.55. The molecular weight excluding hydrogens is 278 g/mol. The number of hydrogen-bond donors (Lipinski definition) is 0. The summed E-state index contributed by atoms with van der Waals surface area (Å²) < 4.78 is 11.3. The molecule has 0 aliphatic carbocycles. The third-order valence-corrected chi connectivity index (χ3v) is 3.56. The number of rotatable bonds is 10. The monoisotopic (exact) mass is 307 g/mol. The fraction of sp³-hybridized carbons (Fsp3) is 0.611. The van der Waals surface area contributed by atoms with Gasteiger partial charge in [0.1, 0.15) is 5.75 Å². The van der Waals surface area contributed by atoms with E-state index in [4.69, 9.17) is 9.47 Å². The summed E-state index contributed by atoms with van der Waals surface area (Å²) in [5.74, 6) is 0.859. The molecule has 0 spiro atoms. The normalized spacial score (nSPS) is 10.5. The van der Waals surface area contributed by atoms with Crippen molar-refractivity contribution in [3.63, 3.8) is 0 Å². The highest BCUT2D eigenvalue weighted by Crippen LogP contribution is 2.22. The summed E-state index contributed by atoms with van der Waals surface area (Å²) in [5.41, 5.74) is 1.64. The zero-order valence-electron chi connectivity index (χ0n) is 14.4. The van der Waals surface area contributed by atoms with E-state index < -0.39 is 0 Å². The summed E-state index contributed by atoms with van der Waals surface area (Å²) in [5, 5.41) is 0. The first-order valence-electron chi connectivity index (χ1n) is 8.30. The quantitative estimate of drug-likeness (QED) is 0.616. The molecule has 0 N–H and O–H groups in total. The van der Waals surface area contributed by atoms with Gasteiger partial charge >= 0.3 is 0 Å². The van der Waals surface area contributed by atoms with Crippen molar-refractivity contribution in [2.75, 3.05) is 26.3 Å². The maximum Gasteiger partial charge on any atom is 0.253 e. The lowest BCUT2D eigenvalue weighted by atomic mass is 10.1. The molecule has 0 aromatic heterocycles. The number of amides is 1. The molecule has 0 saturated heterocycles. The molecule has 1 rings (SSSR count). The summed E-state index contributed by atoms with van der Waals surface area (Å²) in [6.45, 7) is 11.3. The number of benzene rings is 1. The highest BCUT2D eigenvalue weighted by Gasteiger charge is 2.15. The first kappa shape index (κ1) is 18.5. The molecule has 0 bridgehead atoms. The van der Waals surface area contributed by atoms with Crippen LogP contribution < -0.4 is 4.74 Å². The fourth-order valence-electron chi connectivity index (χ4n) is 2.24. The SMILES string of the molecule is CCCCOCc1cc(C(=O)N(CC)CC)ccc1OCC. The second-order valence-electron chi connectivity index (χ2n) is 5.14. The number of hydrogen-bond acceptors (Lipinski definition) is 3. The molecule has 4 heteroatoms. The lowest BCUT2D eigenvalue weighted by Crippen LogP contribution is -2.30. The number of unbranched alkanes of at least 4 members (excludes halogenated alkanes) is 1. The van der Waals surface area contributed by atoms with E-state index in [9.17, 15) is 4.79 Å². The highest BCUT2D eigenvalue weighted by molar-refractivity contribution is 5.94. The van der Waals surface area contributed by atoms with Gasteiger partial charge in [0.05, 0.1) is 13.2 Å². The molecule has 4 nitrogen and oxygen atoms in total. The van der Waals surface area contributed by atoms with Crippen LogP contribution in [-0.4, -0.2) is 37.1 Å². The number of carbonyl (C=O) groups excluding carboxylic acids is 1. The van der Waals surface area contributed by atoms with Crippen LogP contribution in [0.1, 0.15) is 56.5 Å². The molecule has 0 aliphatic rings. The van der Waals surface area contributed by atoms with Crippen LogP contribution in [0.3, 0.4) is 0 Å². The van der Waals surface area contributed by atoms with Crippen molar-refractivity contribution in [1.82, 2.24) is 4.90 Å². The zero-order chi connectivity index (χ0) is 16.4. The van der Waals surface area contributed by atoms with Gasteiger partial charge in [-0.05, 0) is 45.4 Å².